The van der Waals surface area contributed by atoms with Gasteiger partial charge in [0.15, 0.2) is 0 Å². The summed E-state index contributed by atoms with van der Waals surface area (Å²) in [6, 6.07) is -0.718. The van der Waals surface area contributed by atoms with E-state index < -0.39 is 18.8 Å². The zero-order chi connectivity index (χ0) is 11.8. The first-order valence-electron chi connectivity index (χ1n) is 5.50. The Balaban J connectivity index is 1.64. The Hall–Kier alpha value is -0.940. The molecule has 2 N–H and O–H groups in total. The number of carbonyl (C=O) groups is 1. The molecular formula is C10H15F3N2O. The summed E-state index contributed by atoms with van der Waals surface area (Å²) in [5, 5.41) is 4.34. The Labute approximate surface area is 91.8 Å². The monoisotopic (exact) mass is 236 g/mol. The van der Waals surface area contributed by atoms with E-state index in [1.807, 2.05) is 5.32 Å². The lowest BCUT2D eigenvalue weighted by Gasteiger charge is -2.15. The van der Waals surface area contributed by atoms with Crippen LogP contribution in [0.1, 0.15) is 25.7 Å². The molecule has 0 aromatic rings. The maximum absolute atomic E-state index is 11.8. The molecule has 2 amide bonds. The summed E-state index contributed by atoms with van der Waals surface area (Å²) in [6.45, 7) is -0.753. The standard InChI is InChI=1S/C10H15F3N2O/c11-10(12,13)6-15-8(16)14-5-9(3-4-9)7-1-2-7/h7H,1-6H2,(H2,14,15,16). The van der Waals surface area contributed by atoms with Gasteiger partial charge in [0, 0.05) is 6.54 Å². The number of hydrogen-bond donors (Lipinski definition) is 2. The molecule has 0 unspecified atom stereocenters. The normalized spacial score (nSPS) is 22.7. The maximum atomic E-state index is 11.8. The van der Waals surface area contributed by atoms with Crippen molar-refractivity contribution in [2.75, 3.05) is 13.1 Å². The molecule has 2 aliphatic carbocycles. The summed E-state index contributed by atoms with van der Waals surface area (Å²) >= 11 is 0. The van der Waals surface area contributed by atoms with Gasteiger partial charge in [-0.25, -0.2) is 4.79 Å². The van der Waals surface area contributed by atoms with E-state index in [0.29, 0.717) is 12.5 Å². The number of alkyl halides is 3. The second-order valence-electron chi connectivity index (χ2n) is 4.79. The highest BCUT2D eigenvalue weighted by Gasteiger charge is 2.53. The first-order valence-corrected chi connectivity index (χ1v) is 5.50. The van der Waals surface area contributed by atoms with Crippen molar-refractivity contribution < 1.29 is 18.0 Å². The van der Waals surface area contributed by atoms with E-state index in [1.54, 1.807) is 0 Å². The molecule has 0 aromatic carbocycles. The van der Waals surface area contributed by atoms with Gasteiger partial charge in [0.25, 0.3) is 0 Å². The SMILES string of the molecule is O=C(NCC(F)(F)F)NCC1(C2CC2)CC1. The Morgan fingerprint density at radius 3 is 2.31 bits per heavy atom. The van der Waals surface area contributed by atoms with Crippen molar-refractivity contribution in [1.82, 2.24) is 10.6 Å². The zero-order valence-electron chi connectivity index (χ0n) is 8.86. The van der Waals surface area contributed by atoms with E-state index in [2.05, 4.69) is 5.32 Å². The van der Waals surface area contributed by atoms with Crippen LogP contribution in [0.3, 0.4) is 0 Å². The molecule has 0 saturated heterocycles. The number of hydrogen-bond acceptors (Lipinski definition) is 1. The Kier molecular flexibility index (Phi) is 2.75. The van der Waals surface area contributed by atoms with Crippen molar-refractivity contribution in [3.8, 4) is 0 Å². The average molecular weight is 236 g/mol. The van der Waals surface area contributed by atoms with E-state index in [1.165, 1.54) is 12.8 Å². The van der Waals surface area contributed by atoms with E-state index in [4.69, 9.17) is 0 Å². The number of urea groups is 1. The summed E-state index contributed by atoms with van der Waals surface area (Å²) in [5.74, 6) is 0.690. The summed E-state index contributed by atoms with van der Waals surface area (Å²) in [6.07, 6.45) is 0.247. The third kappa shape index (κ3) is 3.02. The van der Waals surface area contributed by atoms with Gasteiger partial charge in [-0.1, -0.05) is 0 Å². The fraction of sp³-hybridized carbons (Fsp3) is 0.900. The smallest absolute Gasteiger partial charge is 0.338 e. The van der Waals surface area contributed by atoms with Crippen LogP contribution < -0.4 is 10.6 Å². The summed E-state index contributed by atoms with van der Waals surface area (Å²) < 4.78 is 35.4. The van der Waals surface area contributed by atoms with Crippen molar-refractivity contribution in [2.24, 2.45) is 11.3 Å². The average Bonchev–Trinajstić information content (AvgIpc) is 2.98. The van der Waals surface area contributed by atoms with Gasteiger partial charge in [-0.3, -0.25) is 0 Å². The molecule has 0 aromatic heterocycles. The van der Waals surface area contributed by atoms with Crippen LogP contribution in [0.5, 0.6) is 0 Å². The van der Waals surface area contributed by atoms with Crippen LogP contribution in [0, 0.1) is 11.3 Å². The largest absolute Gasteiger partial charge is 0.405 e. The highest BCUT2D eigenvalue weighted by atomic mass is 19.4. The van der Waals surface area contributed by atoms with Crippen molar-refractivity contribution in [3.63, 3.8) is 0 Å². The van der Waals surface area contributed by atoms with Gasteiger partial charge >= 0.3 is 12.2 Å². The van der Waals surface area contributed by atoms with Crippen molar-refractivity contribution >= 4 is 6.03 Å². The van der Waals surface area contributed by atoms with Crippen LogP contribution in [-0.2, 0) is 0 Å². The van der Waals surface area contributed by atoms with E-state index in [9.17, 15) is 18.0 Å². The van der Waals surface area contributed by atoms with Gasteiger partial charge in [0.1, 0.15) is 6.54 Å². The Morgan fingerprint density at radius 2 is 1.88 bits per heavy atom. The van der Waals surface area contributed by atoms with Crippen LogP contribution in [0.2, 0.25) is 0 Å². The van der Waals surface area contributed by atoms with Crippen LogP contribution in [0.15, 0.2) is 0 Å². The van der Waals surface area contributed by atoms with E-state index >= 15 is 0 Å². The van der Waals surface area contributed by atoms with Gasteiger partial charge < -0.3 is 10.6 Å². The van der Waals surface area contributed by atoms with Gasteiger partial charge in [-0.05, 0) is 37.0 Å². The predicted octanol–water partition coefficient (Wildman–Crippen LogP) is 2.04. The fourth-order valence-electron chi connectivity index (χ4n) is 2.08. The summed E-state index contributed by atoms with van der Waals surface area (Å²) in [5.41, 5.74) is 0.218. The quantitative estimate of drug-likeness (QED) is 0.770. The molecule has 0 radical (unpaired) electrons. The van der Waals surface area contributed by atoms with Gasteiger partial charge in [-0.15, -0.1) is 0 Å². The van der Waals surface area contributed by atoms with Crippen molar-refractivity contribution in [2.45, 2.75) is 31.9 Å². The van der Waals surface area contributed by atoms with Crippen LogP contribution in [0.25, 0.3) is 0 Å². The number of rotatable bonds is 4. The first-order chi connectivity index (χ1) is 7.41. The number of nitrogens with one attached hydrogen (secondary N) is 2. The third-order valence-electron chi connectivity index (χ3n) is 3.39. The zero-order valence-corrected chi connectivity index (χ0v) is 8.86. The maximum Gasteiger partial charge on any atom is 0.405 e. The molecule has 3 nitrogen and oxygen atoms in total. The second-order valence-corrected chi connectivity index (χ2v) is 4.79. The molecule has 2 fully saturated rings. The number of amides is 2. The highest BCUT2D eigenvalue weighted by Crippen LogP contribution is 2.60. The predicted molar refractivity (Wildman–Crippen MR) is 51.8 cm³/mol. The molecule has 92 valence electrons. The minimum absolute atomic E-state index is 0.218. The van der Waals surface area contributed by atoms with Crippen LogP contribution >= 0.6 is 0 Å². The Morgan fingerprint density at radius 1 is 1.25 bits per heavy atom. The molecular weight excluding hydrogens is 221 g/mol. The summed E-state index contributed by atoms with van der Waals surface area (Å²) in [7, 11) is 0. The molecule has 0 heterocycles. The number of halogens is 3. The molecule has 2 rings (SSSR count). The summed E-state index contributed by atoms with van der Waals surface area (Å²) in [4.78, 5) is 11.1. The lowest BCUT2D eigenvalue weighted by atomic mass is 10.0. The molecule has 0 atom stereocenters. The molecule has 0 bridgehead atoms. The van der Waals surface area contributed by atoms with Crippen molar-refractivity contribution in [3.05, 3.63) is 0 Å². The highest BCUT2D eigenvalue weighted by molar-refractivity contribution is 5.73. The minimum Gasteiger partial charge on any atom is -0.338 e. The van der Waals surface area contributed by atoms with Crippen LogP contribution in [0.4, 0.5) is 18.0 Å². The van der Waals surface area contributed by atoms with Crippen LogP contribution in [-0.4, -0.2) is 25.3 Å². The molecule has 2 saturated carbocycles. The van der Waals surface area contributed by atoms with Gasteiger partial charge in [0.2, 0.25) is 0 Å². The van der Waals surface area contributed by atoms with Crippen molar-refractivity contribution in [1.29, 1.82) is 0 Å². The number of carbonyl (C=O) groups excluding carboxylic acids is 1. The lowest BCUT2D eigenvalue weighted by molar-refractivity contribution is -0.122. The van der Waals surface area contributed by atoms with Gasteiger partial charge in [-0.2, -0.15) is 13.2 Å². The third-order valence-corrected chi connectivity index (χ3v) is 3.39. The topological polar surface area (TPSA) is 41.1 Å². The van der Waals surface area contributed by atoms with Gasteiger partial charge in [0.05, 0.1) is 0 Å². The van der Waals surface area contributed by atoms with E-state index in [-0.39, 0.29) is 5.41 Å². The first kappa shape index (κ1) is 11.5. The molecule has 16 heavy (non-hydrogen) atoms. The molecule has 0 aliphatic heterocycles. The lowest BCUT2D eigenvalue weighted by Crippen LogP contribution is -2.43. The molecule has 0 spiro atoms. The molecule has 6 heteroatoms. The second kappa shape index (κ2) is 3.82. The molecule has 2 aliphatic rings. The van der Waals surface area contributed by atoms with E-state index in [0.717, 1.165) is 12.8 Å². The minimum atomic E-state index is -4.34. The fourth-order valence-corrected chi connectivity index (χ4v) is 2.08. The Bertz CT molecular complexity index is 282.